The van der Waals surface area contributed by atoms with Crippen LogP contribution in [-0.4, -0.2) is 9.97 Å². The fourth-order valence-corrected chi connectivity index (χ4v) is 2.02. The smallest absolute Gasteiger partial charge is 0.0924 e. The highest BCUT2D eigenvalue weighted by Crippen LogP contribution is 2.27. The monoisotopic (exact) mass is 228 g/mol. The average molecular weight is 229 g/mol. The molecule has 56 valence electrons. The summed E-state index contributed by atoms with van der Waals surface area (Å²) in [5, 5.41) is 2.08. The van der Waals surface area contributed by atoms with Crippen LogP contribution in [0.3, 0.4) is 0 Å². The molecule has 0 atom stereocenters. The molecule has 0 saturated heterocycles. The topological polar surface area (TPSA) is 28.7 Å². The minimum absolute atomic E-state index is 1.06. The molecule has 2 aromatic heterocycles. The number of halogens is 1. The summed E-state index contributed by atoms with van der Waals surface area (Å²) in [6.07, 6.45) is 3.50. The first-order valence-electron chi connectivity index (χ1n) is 3.09. The summed E-state index contributed by atoms with van der Waals surface area (Å²) in [6, 6.07) is 2.07. The highest BCUT2D eigenvalue weighted by Gasteiger charge is 2.00. The van der Waals surface area contributed by atoms with Gasteiger partial charge in [0.25, 0.3) is 0 Å². The van der Waals surface area contributed by atoms with Crippen molar-refractivity contribution in [2.75, 3.05) is 0 Å². The molecule has 0 unspecified atom stereocenters. The molecular weight excluding hydrogens is 224 g/mol. The van der Waals surface area contributed by atoms with Gasteiger partial charge in [-0.15, -0.1) is 11.3 Å². The van der Waals surface area contributed by atoms with Crippen LogP contribution in [0.25, 0.3) is 11.3 Å². The van der Waals surface area contributed by atoms with Crippen LogP contribution in [0, 0.1) is 0 Å². The lowest BCUT2D eigenvalue weighted by atomic mass is 10.3. The van der Waals surface area contributed by atoms with E-state index in [9.17, 15) is 0 Å². The fraction of sp³-hybridized carbons (Fsp3) is 0. The van der Waals surface area contributed by atoms with E-state index in [0.717, 1.165) is 9.48 Å². The number of thiophene rings is 1. The minimum Gasteiger partial charge on any atom is -0.345 e. The van der Waals surface area contributed by atoms with Crippen LogP contribution in [0.2, 0.25) is 0 Å². The minimum atomic E-state index is 1.06. The number of nitrogens with zero attached hydrogens (tertiary/aromatic N) is 1. The van der Waals surface area contributed by atoms with Crippen LogP contribution in [-0.2, 0) is 0 Å². The maximum atomic E-state index is 3.94. The van der Waals surface area contributed by atoms with Crippen molar-refractivity contribution >= 4 is 27.3 Å². The molecule has 2 rings (SSSR count). The molecule has 2 aromatic rings. The van der Waals surface area contributed by atoms with Crippen LogP contribution in [0.5, 0.6) is 0 Å². The Bertz CT molecular complexity index is 339. The first-order valence-corrected chi connectivity index (χ1v) is 4.76. The van der Waals surface area contributed by atoms with E-state index < -0.39 is 0 Å². The first-order chi connectivity index (χ1) is 5.36. The molecule has 0 saturated carbocycles. The van der Waals surface area contributed by atoms with Crippen molar-refractivity contribution in [3.05, 3.63) is 27.8 Å². The van der Waals surface area contributed by atoms with Crippen molar-refractivity contribution < 1.29 is 0 Å². The summed E-state index contributed by atoms with van der Waals surface area (Å²) in [5.41, 5.74) is 2.24. The van der Waals surface area contributed by atoms with E-state index in [1.165, 1.54) is 5.56 Å². The maximum Gasteiger partial charge on any atom is 0.0924 e. The van der Waals surface area contributed by atoms with Crippen molar-refractivity contribution in [1.82, 2.24) is 9.97 Å². The van der Waals surface area contributed by atoms with Gasteiger partial charge in [-0.05, 0) is 22.0 Å². The van der Waals surface area contributed by atoms with Gasteiger partial charge in [0.15, 0.2) is 0 Å². The van der Waals surface area contributed by atoms with E-state index in [1.54, 1.807) is 17.7 Å². The summed E-state index contributed by atoms with van der Waals surface area (Å²) in [7, 11) is 0. The largest absolute Gasteiger partial charge is 0.345 e. The third-order valence-corrected chi connectivity index (χ3v) is 2.88. The number of imidazole rings is 1. The lowest BCUT2D eigenvalue weighted by molar-refractivity contribution is 1.31. The molecular formula is C7H5BrN2S. The SMILES string of the molecule is Brc1cc(-c2cnc[nH]2)cs1. The Morgan fingerprint density at radius 3 is 3.00 bits per heavy atom. The standard InChI is InChI=1S/C7H5BrN2S/c8-7-1-5(3-11-7)6-2-9-4-10-6/h1-4H,(H,9,10). The van der Waals surface area contributed by atoms with Crippen molar-refractivity contribution in [2.24, 2.45) is 0 Å². The molecule has 4 heteroatoms. The second kappa shape index (κ2) is 2.79. The van der Waals surface area contributed by atoms with Gasteiger partial charge in [0.05, 0.1) is 22.0 Å². The van der Waals surface area contributed by atoms with Gasteiger partial charge in [-0.25, -0.2) is 4.98 Å². The van der Waals surface area contributed by atoms with E-state index in [0.29, 0.717) is 0 Å². The van der Waals surface area contributed by atoms with Gasteiger partial charge < -0.3 is 4.98 Å². The van der Waals surface area contributed by atoms with Gasteiger partial charge in [0.1, 0.15) is 0 Å². The van der Waals surface area contributed by atoms with Gasteiger partial charge in [0, 0.05) is 10.9 Å². The Kier molecular flexibility index (Phi) is 1.79. The normalized spacial score (nSPS) is 10.3. The summed E-state index contributed by atoms with van der Waals surface area (Å²) < 4.78 is 1.14. The molecule has 0 bridgehead atoms. The lowest BCUT2D eigenvalue weighted by Crippen LogP contribution is -1.68. The molecule has 0 aliphatic heterocycles. The maximum absolute atomic E-state index is 3.94. The molecule has 0 radical (unpaired) electrons. The van der Waals surface area contributed by atoms with Crippen LogP contribution >= 0.6 is 27.3 Å². The number of nitrogens with one attached hydrogen (secondary N) is 1. The predicted octanol–water partition coefficient (Wildman–Crippen LogP) is 2.90. The molecule has 2 heterocycles. The average Bonchev–Trinajstić information content (AvgIpc) is 2.55. The van der Waals surface area contributed by atoms with E-state index >= 15 is 0 Å². The van der Waals surface area contributed by atoms with Gasteiger partial charge >= 0.3 is 0 Å². The van der Waals surface area contributed by atoms with Crippen molar-refractivity contribution in [2.45, 2.75) is 0 Å². The van der Waals surface area contributed by atoms with Crippen molar-refractivity contribution in [3.8, 4) is 11.3 Å². The van der Waals surface area contributed by atoms with Gasteiger partial charge in [-0.3, -0.25) is 0 Å². The van der Waals surface area contributed by atoms with Crippen LogP contribution < -0.4 is 0 Å². The third kappa shape index (κ3) is 1.36. The second-order valence-electron chi connectivity index (χ2n) is 2.10. The number of aromatic amines is 1. The summed E-state index contributed by atoms with van der Waals surface area (Å²) >= 11 is 5.07. The number of hydrogen-bond donors (Lipinski definition) is 1. The molecule has 0 fully saturated rings. The van der Waals surface area contributed by atoms with Gasteiger partial charge in [-0.2, -0.15) is 0 Å². The van der Waals surface area contributed by atoms with E-state index in [1.807, 2.05) is 6.20 Å². The Hall–Kier alpha value is -0.610. The molecule has 0 spiro atoms. The van der Waals surface area contributed by atoms with E-state index in [-0.39, 0.29) is 0 Å². The number of hydrogen-bond acceptors (Lipinski definition) is 2. The van der Waals surface area contributed by atoms with E-state index in [4.69, 9.17) is 0 Å². The van der Waals surface area contributed by atoms with Crippen molar-refractivity contribution in [1.29, 1.82) is 0 Å². The Morgan fingerprint density at radius 2 is 2.45 bits per heavy atom. The summed E-state index contributed by atoms with van der Waals surface area (Å²) in [5.74, 6) is 0. The molecule has 0 aliphatic rings. The van der Waals surface area contributed by atoms with Gasteiger partial charge in [-0.1, -0.05) is 0 Å². The molecule has 0 aliphatic carbocycles. The quantitative estimate of drug-likeness (QED) is 0.800. The highest BCUT2D eigenvalue weighted by molar-refractivity contribution is 9.11. The van der Waals surface area contributed by atoms with Gasteiger partial charge in [0.2, 0.25) is 0 Å². The fourth-order valence-electron chi connectivity index (χ4n) is 0.865. The zero-order valence-corrected chi connectivity index (χ0v) is 7.95. The number of H-pyrrole nitrogens is 1. The second-order valence-corrected chi connectivity index (χ2v) is 4.40. The summed E-state index contributed by atoms with van der Waals surface area (Å²) in [6.45, 7) is 0. The van der Waals surface area contributed by atoms with Crippen LogP contribution in [0.4, 0.5) is 0 Å². The zero-order chi connectivity index (χ0) is 7.68. The Morgan fingerprint density at radius 1 is 1.55 bits per heavy atom. The lowest BCUT2D eigenvalue weighted by Gasteiger charge is -1.86. The Balaban J connectivity index is 2.45. The third-order valence-electron chi connectivity index (χ3n) is 1.38. The molecule has 11 heavy (non-hydrogen) atoms. The Labute approximate surface area is 76.4 Å². The molecule has 0 aromatic carbocycles. The molecule has 2 nitrogen and oxygen atoms in total. The summed E-state index contributed by atoms with van der Waals surface area (Å²) in [4.78, 5) is 6.98. The number of aromatic nitrogens is 2. The van der Waals surface area contributed by atoms with Crippen molar-refractivity contribution in [3.63, 3.8) is 0 Å². The highest BCUT2D eigenvalue weighted by atomic mass is 79.9. The first kappa shape index (κ1) is 7.06. The predicted molar refractivity (Wildman–Crippen MR) is 49.6 cm³/mol. The van der Waals surface area contributed by atoms with E-state index in [2.05, 4.69) is 37.3 Å². The zero-order valence-electron chi connectivity index (χ0n) is 5.54. The van der Waals surface area contributed by atoms with Crippen LogP contribution in [0.15, 0.2) is 27.8 Å². The molecule has 0 amide bonds. The molecule has 1 N–H and O–H groups in total. The number of rotatable bonds is 1. The van der Waals surface area contributed by atoms with Crippen LogP contribution in [0.1, 0.15) is 0 Å².